The highest BCUT2D eigenvalue weighted by molar-refractivity contribution is 6.41. The van der Waals surface area contributed by atoms with E-state index in [0.29, 0.717) is 0 Å². The van der Waals surface area contributed by atoms with Crippen molar-refractivity contribution in [3.63, 3.8) is 0 Å². The van der Waals surface area contributed by atoms with Crippen LogP contribution in [0.4, 0.5) is 0 Å². The fourth-order valence-corrected chi connectivity index (χ4v) is 3.06. The van der Waals surface area contributed by atoms with Gasteiger partial charge in [0.25, 0.3) is 0 Å². The van der Waals surface area contributed by atoms with E-state index in [0.717, 1.165) is 12.1 Å². The first kappa shape index (κ1) is 15.3. The molecule has 2 N–H and O–H groups in total. The van der Waals surface area contributed by atoms with E-state index in [2.05, 4.69) is 4.42 Å². The molecular formula is C14H4Cl2O7. The molecule has 0 aliphatic rings. The first-order chi connectivity index (χ1) is 10.7. The first-order valence-electron chi connectivity index (χ1n) is 5.95. The summed E-state index contributed by atoms with van der Waals surface area (Å²) in [5.74, 6) is -2.96. The van der Waals surface area contributed by atoms with E-state index >= 15 is 0 Å². The van der Waals surface area contributed by atoms with E-state index in [1.54, 1.807) is 0 Å². The fraction of sp³-hybridized carbons (Fsp3) is 0. The Bertz CT molecular complexity index is 1130. The van der Waals surface area contributed by atoms with Gasteiger partial charge in [-0.25, -0.2) is 19.2 Å². The molecule has 0 saturated carbocycles. The quantitative estimate of drug-likeness (QED) is 0.724. The summed E-state index contributed by atoms with van der Waals surface area (Å²) in [7, 11) is 0. The molecule has 2 aromatic heterocycles. The number of aromatic carboxylic acids is 2. The largest absolute Gasteiger partial charge is 0.478 e. The number of carbonyl (C=O) groups is 2. The summed E-state index contributed by atoms with van der Waals surface area (Å²) in [5.41, 5.74) is -3.26. The van der Waals surface area contributed by atoms with E-state index in [1.165, 1.54) is 0 Å². The minimum Gasteiger partial charge on any atom is -0.478 e. The van der Waals surface area contributed by atoms with Gasteiger partial charge in [-0.3, -0.25) is 0 Å². The molecule has 4 aromatic rings. The van der Waals surface area contributed by atoms with Crippen LogP contribution in [-0.4, -0.2) is 22.2 Å². The molecule has 0 saturated heterocycles. The van der Waals surface area contributed by atoms with Crippen molar-refractivity contribution in [2.75, 3.05) is 0 Å². The van der Waals surface area contributed by atoms with Crippen molar-refractivity contribution in [2.45, 2.75) is 0 Å². The van der Waals surface area contributed by atoms with E-state index in [1.807, 2.05) is 0 Å². The molecule has 9 heteroatoms. The number of carboxylic acids is 2. The molecule has 0 atom stereocenters. The highest BCUT2D eigenvalue weighted by Crippen LogP contribution is 2.37. The average Bonchev–Trinajstić information content (AvgIpc) is 2.60. The predicted octanol–water partition coefficient (Wildman–Crippen LogP) is 2.45. The predicted molar refractivity (Wildman–Crippen MR) is 81.4 cm³/mol. The average molecular weight is 355 g/mol. The third kappa shape index (κ3) is 2.05. The van der Waals surface area contributed by atoms with Crippen molar-refractivity contribution in [1.29, 1.82) is 0 Å². The Kier molecular flexibility index (Phi) is 3.28. The Morgan fingerprint density at radius 1 is 0.870 bits per heavy atom. The number of hydrogen-bond donors (Lipinski definition) is 2. The molecule has 0 unspecified atom stereocenters. The number of carboxylic acid groups (broad SMARTS) is 2. The van der Waals surface area contributed by atoms with Crippen LogP contribution in [0.1, 0.15) is 20.7 Å². The van der Waals surface area contributed by atoms with Crippen molar-refractivity contribution in [3.05, 3.63) is 54.1 Å². The molecule has 7 nitrogen and oxygen atoms in total. The second-order valence-electron chi connectivity index (χ2n) is 4.60. The number of hydrogen-bond acceptors (Lipinski definition) is 5. The smallest absolute Gasteiger partial charge is 0.348 e. The molecule has 2 bridgehead atoms. The highest BCUT2D eigenvalue weighted by atomic mass is 35.5. The van der Waals surface area contributed by atoms with Gasteiger partial charge in [0.05, 0.1) is 31.9 Å². The topological polar surface area (TPSA) is 122 Å². The van der Waals surface area contributed by atoms with Crippen molar-refractivity contribution in [1.82, 2.24) is 0 Å². The number of benzene rings is 2. The summed E-state index contributed by atoms with van der Waals surface area (Å²) in [6.45, 7) is 0. The van der Waals surface area contributed by atoms with Crippen LogP contribution in [-0.2, 0) is 0 Å². The summed E-state index contributed by atoms with van der Waals surface area (Å²) >= 11 is 11.8. The van der Waals surface area contributed by atoms with Crippen molar-refractivity contribution >= 4 is 56.7 Å². The monoisotopic (exact) mass is 354 g/mol. The summed E-state index contributed by atoms with van der Waals surface area (Å²) in [5, 5.41) is 16.7. The lowest BCUT2D eigenvalue weighted by Crippen LogP contribution is -2.07. The van der Waals surface area contributed by atoms with Gasteiger partial charge in [0.1, 0.15) is 0 Å². The molecular weight excluding hydrogens is 351 g/mol. The zero-order valence-corrected chi connectivity index (χ0v) is 12.4. The van der Waals surface area contributed by atoms with Gasteiger partial charge in [-0.15, -0.1) is 0 Å². The molecule has 23 heavy (non-hydrogen) atoms. The molecule has 0 amide bonds. The van der Waals surface area contributed by atoms with E-state index < -0.39 is 44.7 Å². The molecule has 116 valence electrons. The lowest BCUT2D eigenvalue weighted by Gasteiger charge is -2.10. The van der Waals surface area contributed by atoms with Crippen LogP contribution in [0, 0.1) is 0 Å². The lowest BCUT2D eigenvalue weighted by molar-refractivity contribution is 0.0684. The van der Waals surface area contributed by atoms with Crippen molar-refractivity contribution in [3.8, 4) is 0 Å². The van der Waals surface area contributed by atoms with Crippen LogP contribution >= 0.6 is 23.2 Å². The first-order valence-corrected chi connectivity index (χ1v) is 6.71. The lowest BCUT2D eigenvalue weighted by atomic mass is 9.95. The Labute approximate surface area is 135 Å². The van der Waals surface area contributed by atoms with Crippen molar-refractivity contribution in [2.24, 2.45) is 0 Å². The van der Waals surface area contributed by atoms with Gasteiger partial charge in [0.2, 0.25) is 0 Å². The number of halogens is 2. The third-order valence-electron chi connectivity index (χ3n) is 3.36. The third-order valence-corrected chi connectivity index (χ3v) is 3.96. The van der Waals surface area contributed by atoms with Gasteiger partial charge < -0.3 is 14.6 Å². The highest BCUT2D eigenvalue weighted by Gasteiger charge is 2.26. The minimum absolute atomic E-state index is 0.232. The maximum atomic E-state index is 12.0. The Hall–Kier alpha value is -2.64. The maximum absolute atomic E-state index is 12.0. The van der Waals surface area contributed by atoms with Gasteiger partial charge in [-0.05, 0) is 12.1 Å². The molecule has 0 aliphatic carbocycles. The normalized spacial score (nSPS) is 11.2. The van der Waals surface area contributed by atoms with Crippen LogP contribution in [0.3, 0.4) is 0 Å². The fourth-order valence-electron chi connectivity index (χ4n) is 2.50. The summed E-state index contributed by atoms with van der Waals surface area (Å²) < 4.78 is 4.54. The van der Waals surface area contributed by atoms with Crippen LogP contribution < -0.4 is 11.3 Å². The van der Waals surface area contributed by atoms with Crippen LogP contribution in [0.5, 0.6) is 0 Å². The molecule has 0 radical (unpaired) electrons. The maximum Gasteiger partial charge on any atom is 0.348 e. The van der Waals surface area contributed by atoms with E-state index in [4.69, 9.17) is 23.2 Å². The van der Waals surface area contributed by atoms with Gasteiger partial charge in [-0.2, -0.15) is 0 Å². The number of fused-ring (bicyclic) bond motifs is 3. The Morgan fingerprint density at radius 2 is 1.52 bits per heavy atom. The van der Waals surface area contributed by atoms with Gasteiger partial charge in [0, 0.05) is 10.8 Å². The zero-order chi connectivity index (χ0) is 17.0. The second-order valence-corrected chi connectivity index (χ2v) is 5.41. The summed E-state index contributed by atoms with van der Waals surface area (Å²) in [6, 6.07) is 1.97. The van der Waals surface area contributed by atoms with Crippen LogP contribution in [0.2, 0.25) is 10.0 Å². The standard InChI is InChI=1S/C14H4Cl2O7/c15-5-1-3(11(17)18)7-4-2-6(16)9(14(22)23-13(4)21)10(7)8(5)12(19)20/h1-2H,(H,17,18)(H,19,20). The Balaban J connectivity index is 2.91. The van der Waals surface area contributed by atoms with Crippen LogP contribution in [0.25, 0.3) is 21.5 Å². The molecule has 0 fully saturated rings. The SMILES string of the molecule is O=C(O)c1cc(Cl)c(C(=O)O)c2c3c(Cl)cc(c(=O)oc3=O)c12. The van der Waals surface area contributed by atoms with E-state index in [-0.39, 0.29) is 21.2 Å². The molecule has 0 aliphatic heterocycles. The summed E-state index contributed by atoms with van der Waals surface area (Å²) in [4.78, 5) is 46.9. The molecule has 4 rings (SSSR count). The zero-order valence-electron chi connectivity index (χ0n) is 10.8. The van der Waals surface area contributed by atoms with Gasteiger partial charge in [0.15, 0.2) is 0 Å². The molecule has 2 heterocycles. The molecule has 2 aromatic carbocycles. The minimum atomic E-state index is -1.51. The van der Waals surface area contributed by atoms with Crippen LogP contribution in [0.15, 0.2) is 26.1 Å². The number of rotatable bonds is 2. The summed E-state index contributed by atoms with van der Waals surface area (Å²) in [6.07, 6.45) is 0. The van der Waals surface area contributed by atoms with Gasteiger partial charge in [-0.1, -0.05) is 23.2 Å². The van der Waals surface area contributed by atoms with Crippen molar-refractivity contribution < 1.29 is 24.2 Å². The van der Waals surface area contributed by atoms with E-state index in [9.17, 15) is 29.4 Å². The molecule has 0 spiro atoms. The van der Waals surface area contributed by atoms with Gasteiger partial charge >= 0.3 is 23.2 Å². The second kappa shape index (κ2) is 4.94. The Morgan fingerprint density at radius 3 is 2.09 bits per heavy atom.